The van der Waals surface area contributed by atoms with E-state index in [1.807, 2.05) is 20.8 Å². The van der Waals surface area contributed by atoms with Crippen LogP contribution in [0.1, 0.15) is 52.9 Å². The van der Waals surface area contributed by atoms with Gasteiger partial charge in [-0.2, -0.15) is 0 Å². The smallest absolute Gasteiger partial charge is 0.410 e. The van der Waals surface area contributed by atoms with Gasteiger partial charge in [0.1, 0.15) is 5.60 Å². The third-order valence-corrected chi connectivity index (χ3v) is 5.48. The van der Waals surface area contributed by atoms with Crippen LogP contribution in [0.25, 0.3) is 0 Å². The van der Waals surface area contributed by atoms with E-state index in [2.05, 4.69) is 5.32 Å². The number of piperidine rings is 1. The van der Waals surface area contributed by atoms with Crippen LogP contribution in [0.2, 0.25) is 0 Å². The molecule has 1 atom stereocenters. The normalized spacial score (nSPS) is 27.0. The molecule has 1 unspecified atom stereocenters. The van der Waals surface area contributed by atoms with Gasteiger partial charge in [0.2, 0.25) is 5.91 Å². The largest absolute Gasteiger partial charge is 0.444 e. The molecule has 3 rings (SSSR count). The third-order valence-electron chi connectivity index (χ3n) is 5.48. The first-order valence-corrected chi connectivity index (χ1v) is 9.15. The number of carbonyl (C=O) groups excluding carboxylic acids is 2. The van der Waals surface area contributed by atoms with Gasteiger partial charge in [-0.15, -0.1) is 0 Å². The molecule has 136 valence electrons. The first-order chi connectivity index (χ1) is 11.3. The van der Waals surface area contributed by atoms with Crippen LogP contribution < -0.4 is 5.32 Å². The highest BCUT2D eigenvalue weighted by molar-refractivity contribution is 5.83. The van der Waals surface area contributed by atoms with Crippen LogP contribution in [0.15, 0.2) is 0 Å². The van der Waals surface area contributed by atoms with E-state index in [-0.39, 0.29) is 29.4 Å². The summed E-state index contributed by atoms with van der Waals surface area (Å²) < 4.78 is 10.8. The number of nitrogens with zero attached hydrogens (tertiary/aromatic N) is 1. The van der Waals surface area contributed by atoms with E-state index in [0.29, 0.717) is 13.1 Å². The molecule has 2 aliphatic heterocycles. The van der Waals surface area contributed by atoms with Crippen LogP contribution in [0.5, 0.6) is 0 Å². The third kappa shape index (κ3) is 4.02. The van der Waals surface area contributed by atoms with Crippen molar-refractivity contribution >= 4 is 12.0 Å². The monoisotopic (exact) mass is 338 g/mol. The summed E-state index contributed by atoms with van der Waals surface area (Å²) in [5, 5.41) is 3.19. The van der Waals surface area contributed by atoms with Crippen LogP contribution in [-0.4, -0.2) is 54.8 Å². The molecular formula is C18H30N2O4. The maximum Gasteiger partial charge on any atom is 0.410 e. The van der Waals surface area contributed by atoms with Crippen molar-refractivity contribution in [1.29, 1.82) is 0 Å². The summed E-state index contributed by atoms with van der Waals surface area (Å²) in [5.74, 6) is 0.328. The maximum absolute atomic E-state index is 12.5. The summed E-state index contributed by atoms with van der Waals surface area (Å²) in [6.45, 7) is 8.51. The molecule has 6 nitrogen and oxygen atoms in total. The second-order valence-corrected chi connectivity index (χ2v) is 8.48. The molecule has 2 amide bonds. The number of nitrogens with one attached hydrogen (secondary N) is 1. The number of carbonyl (C=O) groups is 2. The average Bonchev–Trinajstić information content (AvgIpc) is 3.21. The van der Waals surface area contributed by atoms with Crippen LogP contribution in [-0.2, 0) is 14.3 Å². The number of ether oxygens (including phenoxy) is 2. The Kier molecular flexibility index (Phi) is 4.78. The Morgan fingerprint density at radius 2 is 1.79 bits per heavy atom. The van der Waals surface area contributed by atoms with Gasteiger partial charge >= 0.3 is 6.09 Å². The van der Waals surface area contributed by atoms with E-state index in [9.17, 15) is 9.59 Å². The molecule has 2 saturated heterocycles. The molecule has 0 radical (unpaired) electrons. The van der Waals surface area contributed by atoms with Crippen LogP contribution in [0, 0.1) is 11.3 Å². The van der Waals surface area contributed by atoms with Gasteiger partial charge in [0, 0.05) is 38.3 Å². The summed E-state index contributed by atoms with van der Waals surface area (Å²) in [7, 11) is 0. The number of likely N-dealkylation sites (tertiary alicyclic amines) is 1. The summed E-state index contributed by atoms with van der Waals surface area (Å²) in [6.07, 6.45) is 4.36. The number of amides is 2. The molecule has 3 fully saturated rings. The second-order valence-electron chi connectivity index (χ2n) is 8.48. The first kappa shape index (κ1) is 17.5. The number of hydrogen-bond donors (Lipinski definition) is 1. The van der Waals surface area contributed by atoms with E-state index in [4.69, 9.17) is 9.47 Å². The zero-order valence-electron chi connectivity index (χ0n) is 15.1. The minimum atomic E-state index is -0.460. The Hall–Kier alpha value is -1.30. The fraction of sp³-hybridized carbons (Fsp3) is 0.889. The molecule has 0 aromatic heterocycles. The topological polar surface area (TPSA) is 67.9 Å². The Morgan fingerprint density at radius 3 is 2.38 bits per heavy atom. The van der Waals surface area contributed by atoms with Gasteiger partial charge in [-0.25, -0.2) is 4.79 Å². The molecule has 1 N–H and O–H groups in total. The zero-order chi connectivity index (χ0) is 17.4. The fourth-order valence-corrected chi connectivity index (χ4v) is 3.88. The summed E-state index contributed by atoms with van der Waals surface area (Å²) in [5.41, 5.74) is -0.342. The molecule has 3 aliphatic rings. The molecule has 0 aromatic rings. The van der Waals surface area contributed by atoms with E-state index in [0.717, 1.165) is 45.3 Å². The van der Waals surface area contributed by atoms with Crippen LogP contribution >= 0.6 is 0 Å². The van der Waals surface area contributed by atoms with Gasteiger partial charge in [-0.05, 0) is 58.3 Å². The standard InChI is InChI=1S/C18H30N2O4/c1-17(2,3)24-16(22)20-8-6-18(7-9-20)12-14(18)15(21)19-13-4-10-23-11-5-13/h13-14H,4-12H2,1-3H3,(H,19,21). The highest BCUT2D eigenvalue weighted by atomic mass is 16.6. The lowest BCUT2D eigenvalue weighted by molar-refractivity contribution is -0.124. The highest BCUT2D eigenvalue weighted by Crippen LogP contribution is 2.59. The average molecular weight is 338 g/mol. The summed E-state index contributed by atoms with van der Waals surface area (Å²) >= 11 is 0. The highest BCUT2D eigenvalue weighted by Gasteiger charge is 2.59. The van der Waals surface area contributed by atoms with Gasteiger partial charge in [0.15, 0.2) is 0 Å². The van der Waals surface area contributed by atoms with Gasteiger partial charge in [0.05, 0.1) is 0 Å². The molecule has 1 saturated carbocycles. The molecular weight excluding hydrogens is 308 g/mol. The quantitative estimate of drug-likeness (QED) is 0.839. The fourth-order valence-electron chi connectivity index (χ4n) is 3.88. The van der Waals surface area contributed by atoms with Gasteiger partial charge in [0.25, 0.3) is 0 Å². The predicted octanol–water partition coefficient (Wildman–Crippen LogP) is 2.32. The van der Waals surface area contributed by atoms with Crippen molar-refractivity contribution in [2.45, 2.75) is 64.5 Å². The predicted molar refractivity (Wildman–Crippen MR) is 89.6 cm³/mol. The van der Waals surface area contributed by atoms with Gasteiger partial charge in [-0.1, -0.05) is 0 Å². The first-order valence-electron chi connectivity index (χ1n) is 9.15. The zero-order valence-corrected chi connectivity index (χ0v) is 15.1. The van der Waals surface area contributed by atoms with Crippen molar-refractivity contribution in [1.82, 2.24) is 10.2 Å². The molecule has 1 aliphatic carbocycles. The van der Waals surface area contributed by atoms with E-state index in [1.165, 1.54) is 0 Å². The minimum absolute atomic E-state index is 0.119. The minimum Gasteiger partial charge on any atom is -0.444 e. The molecule has 0 bridgehead atoms. The van der Waals surface area contributed by atoms with Crippen molar-refractivity contribution in [3.8, 4) is 0 Å². The van der Waals surface area contributed by atoms with Crippen molar-refractivity contribution in [3.05, 3.63) is 0 Å². The lowest BCUT2D eigenvalue weighted by atomic mass is 9.90. The Balaban J connectivity index is 1.45. The van der Waals surface area contributed by atoms with E-state index < -0.39 is 5.60 Å². The van der Waals surface area contributed by atoms with Crippen LogP contribution in [0.3, 0.4) is 0 Å². The molecule has 1 spiro atoms. The second kappa shape index (κ2) is 6.54. The molecule has 2 heterocycles. The summed E-state index contributed by atoms with van der Waals surface area (Å²) in [6, 6.07) is 0.269. The van der Waals surface area contributed by atoms with Crippen molar-refractivity contribution in [2.75, 3.05) is 26.3 Å². The van der Waals surface area contributed by atoms with Crippen molar-refractivity contribution in [3.63, 3.8) is 0 Å². The Bertz CT molecular complexity index is 486. The Morgan fingerprint density at radius 1 is 1.17 bits per heavy atom. The SMILES string of the molecule is CC(C)(C)OC(=O)N1CCC2(CC1)CC2C(=O)NC1CCOCC1. The molecule has 24 heavy (non-hydrogen) atoms. The number of hydrogen-bond acceptors (Lipinski definition) is 4. The Labute approximate surface area is 144 Å². The molecule has 6 heteroatoms. The maximum atomic E-state index is 12.5. The lowest BCUT2D eigenvalue weighted by Gasteiger charge is -2.34. The van der Waals surface area contributed by atoms with Crippen molar-refractivity contribution < 1.29 is 19.1 Å². The number of rotatable bonds is 2. The summed E-state index contributed by atoms with van der Waals surface area (Å²) in [4.78, 5) is 26.4. The van der Waals surface area contributed by atoms with E-state index in [1.54, 1.807) is 4.90 Å². The lowest BCUT2D eigenvalue weighted by Crippen LogP contribution is -2.44. The van der Waals surface area contributed by atoms with E-state index >= 15 is 0 Å². The molecule has 0 aromatic carbocycles. The van der Waals surface area contributed by atoms with Gasteiger partial charge in [-0.3, -0.25) is 4.79 Å². The van der Waals surface area contributed by atoms with Crippen LogP contribution in [0.4, 0.5) is 4.79 Å². The van der Waals surface area contributed by atoms with Gasteiger partial charge < -0.3 is 19.7 Å². The van der Waals surface area contributed by atoms with Crippen molar-refractivity contribution in [2.24, 2.45) is 11.3 Å².